The molecule has 0 bridgehead atoms. The zero-order valence-electron chi connectivity index (χ0n) is 18.3. The van der Waals surface area contributed by atoms with Crippen LogP contribution >= 0.6 is 6.83 Å². The molecule has 0 heterocycles. The fourth-order valence-corrected chi connectivity index (χ4v) is 10.8. The van der Waals surface area contributed by atoms with Crippen LogP contribution in [0.3, 0.4) is 0 Å². The Balaban J connectivity index is 3.43. The van der Waals surface area contributed by atoms with Gasteiger partial charge in [-0.05, 0) is 0 Å². The van der Waals surface area contributed by atoms with Crippen molar-refractivity contribution in [3.05, 3.63) is 29.6 Å². The number of phenolic OH excluding ortho intramolecular Hbond substituents is 1. The molecule has 0 fully saturated rings. The molecule has 1 aromatic carbocycles. The summed E-state index contributed by atoms with van der Waals surface area (Å²) in [6.45, 7) is 5.80. The number of rotatable bonds is 14. The molecule has 1 aromatic rings. The number of halogens is 1. The molecule has 0 aromatic heterocycles. The number of phenols is 1. The van der Waals surface area contributed by atoms with E-state index in [1.165, 1.54) is 18.2 Å². The molecule has 0 amide bonds. The minimum atomic E-state index is -2.85. The summed E-state index contributed by atoms with van der Waals surface area (Å²) in [6, 6.07) is 3.97. The van der Waals surface area contributed by atoms with E-state index in [1.807, 2.05) is 0 Å². The summed E-state index contributed by atoms with van der Waals surface area (Å²) in [5.74, 6) is -1.72. The van der Waals surface area contributed by atoms with Gasteiger partial charge in [0, 0.05) is 0 Å². The van der Waals surface area contributed by atoms with Crippen LogP contribution in [0.2, 0.25) is 0 Å². The zero-order valence-corrected chi connectivity index (χ0v) is 19.2. The Kier molecular flexibility index (Phi) is 10.4. The first kappa shape index (κ1) is 24.9. The number of carbonyl (C=O) groups is 1. The summed E-state index contributed by atoms with van der Waals surface area (Å²) in [4.78, 5) is 13.2. The summed E-state index contributed by atoms with van der Waals surface area (Å²) in [5, 5.41) is 10.1. The average molecular weight is 415 g/mol. The van der Waals surface area contributed by atoms with Crippen molar-refractivity contribution in [1.29, 1.82) is 0 Å². The number of unbranched alkanes of at least 4 members (excludes halogenated alkanes) is 4. The summed E-state index contributed by atoms with van der Waals surface area (Å²) in [6.07, 6.45) is 11.9. The Morgan fingerprint density at radius 1 is 0.893 bits per heavy atom. The Bertz CT molecular complexity index is 554. The molecule has 0 radical (unpaired) electrons. The van der Waals surface area contributed by atoms with E-state index < -0.39 is 18.6 Å². The van der Waals surface area contributed by atoms with E-state index in [9.17, 15) is 14.3 Å². The quantitative estimate of drug-likeness (QED) is 0.324. The molecule has 0 saturated carbocycles. The van der Waals surface area contributed by atoms with Crippen molar-refractivity contribution in [2.24, 2.45) is 0 Å². The van der Waals surface area contributed by atoms with Crippen LogP contribution in [0, 0.1) is 5.82 Å². The van der Waals surface area contributed by atoms with E-state index in [0.717, 1.165) is 76.0 Å². The monoisotopic (exact) mass is 414 g/mol. The average Bonchev–Trinajstić information content (AvgIpc) is 2.68. The third kappa shape index (κ3) is 6.44. The second-order valence-electron chi connectivity index (χ2n) is 8.18. The van der Waals surface area contributed by atoms with Crippen molar-refractivity contribution in [2.45, 2.75) is 79.1 Å². The Hall–Kier alpha value is -1.15. The normalized spacial score (nSPS) is 13.1. The van der Waals surface area contributed by atoms with E-state index in [4.69, 9.17) is 4.52 Å². The second kappa shape index (κ2) is 11.8. The SMILES string of the molecule is CCCCP(CCCC)(CCCC)(CCCC)OC(=O)c1c(O)cccc1F. The first-order valence-electron chi connectivity index (χ1n) is 11.1. The van der Waals surface area contributed by atoms with Crippen LogP contribution in [0.4, 0.5) is 4.39 Å². The number of carbonyl (C=O) groups excluding carboxylic acids is 1. The predicted molar refractivity (Wildman–Crippen MR) is 120 cm³/mol. The Morgan fingerprint density at radius 2 is 1.32 bits per heavy atom. The van der Waals surface area contributed by atoms with Gasteiger partial charge in [0.15, 0.2) is 0 Å². The first-order chi connectivity index (χ1) is 13.4. The molecule has 0 aliphatic rings. The number of aromatic hydroxyl groups is 1. The molecule has 0 unspecified atom stereocenters. The molecule has 28 heavy (non-hydrogen) atoms. The van der Waals surface area contributed by atoms with Crippen LogP contribution in [0.25, 0.3) is 0 Å². The third-order valence-electron chi connectivity index (χ3n) is 5.85. The summed E-state index contributed by atoms with van der Waals surface area (Å²) < 4.78 is 20.8. The van der Waals surface area contributed by atoms with Crippen molar-refractivity contribution in [3.8, 4) is 5.75 Å². The molecule has 0 spiro atoms. The first-order valence-corrected chi connectivity index (χ1v) is 14.0. The van der Waals surface area contributed by atoms with Gasteiger partial charge >= 0.3 is 171 Å². The van der Waals surface area contributed by atoms with E-state index in [1.54, 1.807) is 0 Å². The number of benzene rings is 1. The zero-order chi connectivity index (χ0) is 21.1. The van der Waals surface area contributed by atoms with Gasteiger partial charge in [-0.3, -0.25) is 0 Å². The minimum absolute atomic E-state index is 0.308. The van der Waals surface area contributed by atoms with Crippen molar-refractivity contribution in [2.75, 3.05) is 24.6 Å². The molecule has 0 atom stereocenters. The van der Waals surface area contributed by atoms with Crippen LogP contribution in [0.15, 0.2) is 18.2 Å². The molecule has 5 heteroatoms. The maximum absolute atomic E-state index is 14.4. The van der Waals surface area contributed by atoms with Gasteiger partial charge in [-0.15, -0.1) is 0 Å². The molecular weight excluding hydrogens is 374 g/mol. The third-order valence-corrected chi connectivity index (χ3v) is 12.3. The topological polar surface area (TPSA) is 46.5 Å². The molecule has 162 valence electrons. The molecular formula is C23H40FO3P. The Morgan fingerprint density at radius 3 is 1.68 bits per heavy atom. The molecule has 0 aliphatic carbocycles. The Labute approximate surface area is 171 Å². The second-order valence-corrected chi connectivity index (χ2v) is 13.9. The van der Waals surface area contributed by atoms with Crippen LogP contribution in [0.1, 0.15) is 89.4 Å². The maximum atomic E-state index is 14.4. The van der Waals surface area contributed by atoms with Crippen LogP contribution in [0.5, 0.6) is 5.75 Å². The van der Waals surface area contributed by atoms with Crippen LogP contribution < -0.4 is 0 Å². The molecule has 0 aliphatic heterocycles. The van der Waals surface area contributed by atoms with E-state index in [2.05, 4.69) is 27.7 Å². The van der Waals surface area contributed by atoms with Gasteiger partial charge < -0.3 is 0 Å². The van der Waals surface area contributed by atoms with Crippen molar-refractivity contribution in [3.63, 3.8) is 0 Å². The predicted octanol–water partition coefficient (Wildman–Crippen LogP) is 7.36. The van der Waals surface area contributed by atoms with Gasteiger partial charge in [-0.25, -0.2) is 0 Å². The van der Waals surface area contributed by atoms with Gasteiger partial charge in [-0.1, -0.05) is 0 Å². The van der Waals surface area contributed by atoms with E-state index in [-0.39, 0.29) is 11.3 Å². The molecule has 1 rings (SSSR count). The fourth-order valence-electron chi connectivity index (χ4n) is 4.08. The number of hydrogen-bond donors (Lipinski definition) is 1. The van der Waals surface area contributed by atoms with Gasteiger partial charge in [0.2, 0.25) is 0 Å². The summed E-state index contributed by atoms with van der Waals surface area (Å²) in [7, 11) is 0. The van der Waals surface area contributed by atoms with Gasteiger partial charge in [0.1, 0.15) is 0 Å². The van der Waals surface area contributed by atoms with Gasteiger partial charge in [0.25, 0.3) is 0 Å². The van der Waals surface area contributed by atoms with Crippen molar-refractivity contribution < 1.29 is 18.8 Å². The molecule has 0 saturated heterocycles. The fraction of sp³-hybridized carbons (Fsp3) is 0.696. The molecule has 1 N–H and O–H groups in total. The van der Waals surface area contributed by atoms with Crippen molar-refractivity contribution in [1.82, 2.24) is 0 Å². The standard InChI is InChI=1S/C23H40FO3P/c1-5-9-16-28(17-10-6-2,18-11-7-3,19-12-8-4)27-23(26)22-20(24)14-13-15-21(22)25/h13-15,25H,5-12,16-19H2,1-4H3. The van der Waals surface area contributed by atoms with Crippen molar-refractivity contribution >= 4 is 12.8 Å². The number of hydrogen-bond acceptors (Lipinski definition) is 3. The van der Waals surface area contributed by atoms with Gasteiger partial charge in [-0.2, -0.15) is 0 Å². The van der Waals surface area contributed by atoms with E-state index >= 15 is 0 Å². The van der Waals surface area contributed by atoms with E-state index in [0.29, 0.717) is 0 Å². The van der Waals surface area contributed by atoms with Gasteiger partial charge in [0.05, 0.1) is 0 Å². The molecule has 3 nitrogen and oxygen atoms in total. The van der Waals surface area contributed by atoms with Crippen LogP contribution in [-0.2, 0) is 4.52 Å². The van der Waals surface area contributed by atoms with Crippen LogP contribution in [-0.4, -0.2) is 35.7 Å². The summed E-state index contributed by atoms with van der Waals surface area (Å²) >= 11 is 0. The summed E-state index contributed by atoms with van der Waals surface area (Å²) in [5.41, 5.74) is -0.308.